The number of rotatable bonds is 3. The molecule has 3 amide bonds. The van der Waals surface area contributed by atoms with Crippen LogP contribution in [0.1, 0.15) is 45.1 Å². The van der Waals surface area contributed by atoms with Crippen molar-refractivity contribution < 1.29 is 18.8 Å². The highest BCUT2D eigenvalue weighted by molar-refractivity contribution is 6.42. The first-order valence-electron chi connectivity index (χ1n) is 9.18. The number of likely N-dealkylation sites (tertiary alicyclic amines) is 1. The quantitative estimate of drug-likeness (QED) is 0.718. The molecule has 29 heavy (non-hydrogen) atoms. The number of carbonyl (C=O) groups excluding carboxylic acids is 3. The molecule has 0 radical (unpaired) electrons. The second kappa shape index (κ2) is 8.88. The average molecular weight is 438 g/mol. The van der Waals surface area contributed by atoms with Gasteiger partial charge in [-0.1, -0.05) is 23.2 Å². The van der Waals surface area contributed by atoms with Crippen LogP contribution in [0.5, 0.6) is 0 Å². The fourth-order valence-electron chi connectivity index (χ4n) is 3.33. The summed E-state index contributed by atoms with van der Waals surface area (Å²) in [5, 5.41) is 0.675. The van der Waals surface area contributed by atoms with Crippen LogP contribution >= 0.6 is 23.2 Å². The zero-order chi connectivity index (χ0) is 21.1. The molecule has 1 aliphatic rings. The van der Waals surface area contributed by atoms with E-state index in [1.54, 1.807) is 36.9 Å². The van der Waals surface area contributed by atoms with Gasteiger partial charge in [-0.2, -0.15) is 0 Å². The van der Waals surface area contributed by atoms with E-state index in [9.17, 15) is 14.4 Å². The van der Waals surface area contributed by atoms with Gasteiger partial charge in [0.05, 0.1) is 21.5 Å². The van der Waals surface area contributed by atoms with Gasteiger partial charge >= 0.3 is 0 Å². The number of carbonyl (C=O) groups is 3. The van der Waals surface area contributed by atoms with E-state index < -0.39 is 11.8 Å². The lowest BCUT2D eigenvalue weighted by Crippen LogP contribution is -2.50. The van der Waals surface area contributed by atoms with Gasteiger partial charge in [0.1, 0.15) is 11.5 Å². The lowest BCUT2D eigenvalue weighted by Gasteiger charge is -2.32. The van der Waals surface area contributed by atoms with E-state index in [-0.39, 0.29) is 18.4 Å². The zero-order valence-corrected chi connectivity index (χ0v) is 17.6. The Hall–Kier alpha value is -2.51. The van der Waals surface area contributed by atoms with Crippen LogP contribution in [0.2, 0.25) is 10.0 Å². The standard InChI is InChI=1S/C20H21Cl2N3O4/c1-11-8-15(12(2)29-11)19(27)24-23-18(26)14-4-3-7-25(10-14)20(28)13-5-6-16(21)17(22)9-13/h5-6,8-9,14H,3-4,7,10H2,1-2H3,(H,23,26)(H,24,27). The molecule has 3 rings (SSSR count). The van der Waals surface area contributed by atoms with E-state index in [1.165, 1.54) is 6.07 Å². The second-order valence-corrected chi connectivity index (χ2v) is 7.80. The first-order chi connectivity index (χ1) is 13.8. The third-order valence-electron chi connectivity index (χ3n) is 4.83. The molecule has 0 spiro atoms. The molecule has 0 saturated carbocycles. The highest BCUT2D eigenvalue weighted by Crippen LogP contribution is 2.25. The number of benzene rings is 1. The number of furan rings is 1. The molecule has 0 bridgehead atoms. The summed E-state index contributed by atoms with van der Waals surface area (Å²) >= 11 is 11.9. The number of nitrogens with one attached hydrogen (secondary N) is 2. The summed E-state index contributed by atoms with van der Waals surface area (Å²) in [6.07, 6.45) is 1.30. The predicted molar refractivity (Wildman–Crippen MR) is 109 cm³/mol. The van der Waals surface area contributed by atoms with Crippen molar-refractivity contribution in [3.05, 3.63) is 57.0 Å². The van der Waals surface area contributed by atoms with Crippen LogP contribution in [-0.4, -0.2) is 35.7 Å². The van der Waals surface area contributed by atoms with Gasteiger partial charge in [-0.05, 0) is 51.0 Å². The van der Waals surface area contributed by atoms with Gasteiger partial charge in [-0.3, -0.25) is 25.2 Å². The molecule has 9 heteroatoms. The molecular formula is C20H21Cl2N3O4. The summed E-state index contributed by atoms with van der Waals surface area (Å²) in [5.74, 6) is -0.347. The van der Waals surface area contributed by atoms with Crippen molar-refractivity contribution in [3.63, 3.8) is 0 Å². The number of hydrogen-bond donors (Lipinski definition) is 2. The van der Waals surface area contributed by atoms with Crippen molar-refractivity contribution >= 4 is 40.9 Å². The molecule has 1 unspecified atom stereocenters. The normalized spacial score (nSPS) is 16.4. The minimum absolute atomic E-state index is 0.213. The highest BCUT2D eigenvalue weighted by atomic mass is 35.5. The van der Waals surface area contributed by atoms with Crippen molar-refractivity contribution in [1.29, 1.82) is 0 Å². The van der Waals surface area contributed by atoms with Crippen LogP contribution in [0.15, 0.2) is 28.7 Å². The Labute approximate surface area is 178 Å². The smallest absolute Gasteiger partial charge is 0.273 e. The Morgan fingerprint density at radius 3 is 2.52 bits per heavy atom. The van der Waals surface area contributed by atoms with Crippen molar-refractivity contribution in [2.75, 3.05) is 13.1 Å². The monoisotopic (exact) mass is 437 g/mol. The lowest BCUT2D eigenvalue weighted by molar-refractivity contribution is -0.127. The molecule has 2 aromatic rings. The number of halogens is 2. The number of hydrazine groups is 1. The topological polar surface area (TPSA) is 91.7 Å². The summed E-state index contributed by atoms with van der Waals surface area (Å²) in [7, 11) is 0. The summed E-state index contributed by atoms with van der Waals surface area (Å²) in [6, 6.07) is 6.30. The van der Waals surface area contributed by atoms with Crippen LogP contribution in [0.4, 0.5) is 0 Å². The van der Waals surface area contributed by atoms with Crippen LogP contribution in [0.3, 0.4) is 0 Å². The number of hydrogen-bond acceptors (Lipinski definition) is 4. The molecule has 1 aromatic carbocycles. The number of piperidine rings is 1. The van der Waals surface area contributed by atoms with Crippen molar-refractivity contribution in [2.45, 2.75) is 26.7 Å². The number of nitrogens with zero attached hydrogens (tertiary/aromatic N) is 1. The Balaban J connectivity index is 1.58. The Kier molecular flexibility index (Phi) is 6.49. The molecule has 1 aliphatic heterocycles. The highest BCUT2D eigenvalue weighted by Gasteiger charge is 2.29. The number of aryl methyl sites for hydroxylation is 2. The fraction of sp³-hybridized carbons (Fsp3) is 0.350. The molecule has 2 heterocycles. The van der Waals surface area contributed by atoms with Crippen molar-refractivity contribution in [3.8, 4) is 0 Å². The summed E-state index contributed by atoms with van der Waals surface area (Å²) < 4.78 is 5.32. The van der Waals surface area contributed by atoms with E-state index in [0.29, 0.717) is 52.1 Å². The lowest BCUT2D eigenvalue weighted by atomic mass is 9.96. The van der Waals surface area contributed by atoms with E-state index in [0.717, 1.165) is 0 Å². The minimum Gasteiger partial charge on any atom is -0.466 e. The SMILES string of the molecule is Cc1cc(C(=O)NNC(=O)C2CCCN(C(=O)c3ccc(Cl)c(Cl)c3)C2)c(C)o1. The van der Waals surface area contributed by atoms with Gasteiger partial charge in [-0.25, -0.2) is 0 Å². The Bertz CT molecular complexity index is 957. The van der Waals surface area contributed by atoms with E-state index in [2.05, 4.69) is 10.9 Å². The molecule has 1 fully saturated rings. The second-order valence-electron chi connectivity index (χ2n) is 6.99. The zero-order valence-electron chi connectivity index (χ0n) is 16.1. The molecule has 2 N–H and O–H groups in total. The van der Waals surface area contributed by atoms with Crippen LogP contribution in [0.25, 0.3) is 0 Å². The first kappa shape index (κ1) is 21.2. The Morgan fingerprint density at radius 1 is 1.10 bits per heavy atom. The average Bonchev–Trinajstić information content (AvgIpc) is 3.05. The summed E-state index contributed by atoms with van der Waals surface area (Å²) in [4.78, 5) is 39.1. The maximum absolute atomic E-state index is 12.7. The van der Waals surface area contributed by atoms with E-state index in [1.807, 2.05) is 0 Å². The predicted octanol–water partition coefficient (Wildman–Crippen LogP) is 3.52. The van der Waals surface area contributed by atoms with Gasteiger partial charge in [0, 0.05) is 18.7 Å². The maximum atomic E-state index is 12.7. The van der Waals surface area contributed by atoms with Gasteiger partial charge in [0.15, 0.2) is 0 Å². The van der Waals surface area contributed by atoms with Gasteiger partial charge in [-0.15, -0.1) is 0 Å². The van der Waals surface area contributed by atoms with Crippen LogP contribution in [-0.2, 0) is 4.79 Å². The third kappa shape index (κ3) is 4.92. The van der Waals surface area contributed by atoms with Crippen molar-refractivity contribution in [2.24, 2.45) is 5.92 Å². The molecule has 154 valence electrons. The maximum Gasteiger partial charge on any atom is 0.273 e. The molecule has 0 aliphatic carbocycles. The third-order valence-corrected chi connectivity index (χ3v) is 5.57. The van der Waals surface area contributed by atoms with Crippen LogP contribution < -0.4 is 10.9 Å². The van der Waals surface area contributed by atoms with Crippen LogP contribution in [0, 0.1) is 19.8 Å². The first-order valence-corrected chi connectivity index (χ1v) is 9.93. The molecule has 1 aromatic heterocycles. The molecule has 1 saturated heterocycles. The van der Waals surface area contributed by atoms with Gasteiger partial charge < -0.3 is 9.32 Å². The van der Waals surface area contributed by atoms with Gasteiger partial charge in [0.2, 0.25) is 5.91 Å². The summed E-state index contributed by atoms with van der Waals surface area (Å²) in [5.41, 5.74) is 5.63. The molecule has 7 nitrogen and oxygen atoms in total. The number of amides is 3. The summed E-state index contributed by atoms with van der Waals surface area (Å²) in [6.45, 7) is 4.22. The van der Waals surface area contributed by atoms with Crippen molar-refractivity contribution in [1.82, 2.24) is 15.8 Å². The molecular weight excluding hydrogens is 417 g/mol. The minimum atomic E-state index is -0.452. The Morgan fingerprint density at radius 2 is 1.86 bits per heavy atom. The largest absolute Gasteiger partial charge is 0.466 e. The fourth-order valence-corrected chi connectivity index (χ4v) is 3.63. The van der Waals surface area contributed by atoms with E-state index in [4.69, 9.17) is 27.6 Å². The van der Waals surface area contributed by atoms with E-state index >= 15 is 0 Å². The molecule has 1 atom stereocenters. The van der Waals surface area contributed by atoms with Gasteiger partial charge in [0.25, 0.3) is 11.8 Å².